The molecule has 2 heterocycles. The van der Waals surface area contributed by atoms with E-state index in [2.05, 4.69) is 9.88 Å². The van der Waals surface area contributed by atoms with Crippen molar-refractivity contribution in [3.8, 4) is 0 Å². The Labute approximate surface area is 119 Å². The van der Waals surface area contributed by atoms with Crippen molar-refractivity contribution in [3.05, 3.63) is 34.2 Å². The van der Waals surface area contributed by atoms with Gasteiger partial charge in [-0.3, -0.25) is 9.69 Å². The number of sulfonamides is 1. The zero-order valence-corrected chi connectivity index (χ0v) is 12.5. The van der Waals surface area contributed by atoms with Crippen molar-refractivity contribution in [2.24, 2.45) is 0 Å². The lowest BCUT2D eigenvalue weighted by Crippen LogP contribution is -2.48. The van der Waals surface area contributed by atoms with E-state index >= 15 is 0 Å². The number of nitrogens with one attached hydrogen (secondary N) is 1. The summed E-state index contributed by atoms with van der Waals surface area (Å²) in [5.41, 5.74) is 0.929. The van der Waals surface area contributed by atoms with Crippen LogP contribution in [-0.2, 0) is 16.6 Å². The van der Waals surface area contributed by atoms with Crippen molar-refractivity contribution in [1.82, 2.24) is 14.2 Å². The molecule has 0 aliphatic carbocycles. The van der Waals surface area contributed by atoms with Crippen molar-refractivity contribution < 1.29 is 8.42 Å². The topological polar surface area (TPSA) is 73.5 Å². The summed E-state index contributed by atoms with van der Waals surface area (Å²) in [4.78, 5) is 15.8. The summed E-state index contributed by atoms with van der Waals surface area (Å²) in [7, 11) is -3.08. The van der Waals surface area contributed by atoms with E-state index in [1.165, 1.54) is 6.07 Å². The number of aromatic amines is 1. The third kappa shape index (κ3) is 3.91. The van der Waals surface area contributed by atoms with Crippen molar-refractivity contribution >= 4 is 10.0 Å². The van der Waals surface area contributed by atoms with Crippen LogP contribution in [0.15, 0.2) is 23.1 Å². The van der Waals surface area contributed by atoms with Crippen LogP contribution in [0.3, 0.4) is 0 Å². The van der Waals surface area contributed by atoms with E-state index in [1.807, 2.05) is 6.92 Å². The van der Waals surface area contributed by atoms with Gasteiger partial charge in [-0.25, -0.2) is 8.42 Å². The molecule has 20 heavy (non-hydrogen) atoms. The molecule has 0 spiro atoms. The molecule has 0 atom stereocenters. The smallest absolute Gasteiger partial charge is 0.247 e. The summed E-state index contributed by atoms with van der Waals surface area (Å²) in [5.74, 6) is 0.229. The molecule has 6 nitrogen and oxygen atoms in total. The Morgan fingerprint density at radius 3 is 2.45 bits per heavy atom. The number of aromatic nitrogens is 1. The van der Waals surface area contributed by atoms with Gasteiger partial charge in [0.2, 0.25) is 15.6 Å². The number of pyridine rings is 1. The van der Waals surface area contributed by atoms with Crippen molar-refractivity contribution in [3.63, 3.8) is 0 Å². The zero-order chi connectivity index (χ0) is 14.6. The number of hydrogen-bond acceptors (Lipinski definition) is 4. The Hall–Kier alpha value is -1.18. The second-order valence-corrected chi connectivity index (χ2v) is 7.14. The van der Waals surface area contributed by atoms with Crippen LogP contribution >= 0.6 is 0 Å². The lowest BCUT2D eigenvalue weighted by Gasteiger charge is -2.33. The van der Waals surface area contributed by atoms with Gasteiger partial charge in [-0.05, 0) is 12.0 Å². The van der Waals surface area contributed by atoms with Crippen LogP contribution in [0.1, 0.15) is 18.9 Å². The maximum atomic E-state index is 12.0. The minimum absolute atomic E-state index is 0.107. The van der Waals surface area contributed by atoms with Crippen molar-refractivity contribution in [2.45, 2.75) is 19.9 Å². The lowest BCUT2D eigenvalue weighted by atomic mass is 10.2. The molecule has 1 fully saturated rings. The minimum atomic E-state index is -3.08. The molecule has 0 bridgehead atoms. The van der Waals surface area contributed by atoms with Gasteiger partial charge in [0, 0.05) is 45.0 Å². The van der Waals surface area contributed by atoms with E-state index in [-0.39, 0.29) is 11.3 Å². The van der Waals surface area contributed by atoms with Crippen LogP contribution in [0.5, 0.6) is 0 Å². The molecule has 1 aliphatic rings. The van der Waals surface area contributed by atoms with Crippen LogP contribution in [0.2, 0.25) is 0 Å². The van der Waals surface area contributed by atoms with Gasteiger partial charge in [-0.15, -0.1) is 0 Å². The highest BCUT2D eigenvalue weighted by atomic mass is 32.2. The molecule has 112 valence electrons. The summed E-state index contributed by atoms with van der Waals surface area (Å²) in [6, 6.07) is 3.32. The lowest BCUT2D eigenvalue weighted by molar-refractivity contribution is 0.181. The molecule has 1 N–H and O–H groups in total. The van der Waals surface area contributed by atoms with Gasteiger partial charge in [0.1, 0.15) is 0 Å². The van der Waals surface area contributed by atoms with Gasteiger partial charge >= 0.3 is 0 Å². The van der Waals surface area contributed by atoms with Crippen LogP contribution in [-0.4, -0.2) is 54.5 Å². The predicted molar refractivity (Wildman–Crippen MR) is 78.0 cm³/mol. The standard InChI is InChI=1S/C13H21N3O3S/c1-2-9-20(18,19)16-7-5-15(6-8-16)11-12-3-4-13(17)14-10-12/h3-4,10H,2,5-9,11H2,1H3,(H,14,17). The SMILES string of the molecule is CCCS(=O)(=O)N1CCN(Cc2ccc(=O)[nH]c2)CC1. The Kier molecular flexibility index (Phi) is 4.95. The maximum Gasteiger partial charge on any atom is 0.247 e. The van der Waals surface area contributed by atoms with Crippen LogP contribution in [0, 0.1) is 0 Å². The van der Waals surface area contributed by atoms with Crippen LogP contribution < -0.4 is 5.56 Å². The molecule has 0 amide bonds. The molecular weight excluding hydrogens is 278 g/mol. The fourth-order valence-electron chi connectivity index (χ4n) is 2.35. The number of piperazine rings is 1. The van der Waals surface area contributed by atoms with Gasteiger partial charge in [-0.1, -0.05) is 13.0 Å². The molecule has 1 aromatic rings. The molecule has 1 aromatic heterocycles. The maximum absolute atomic E-state index is 12.0. The van der Waals surface area contributed by atoms with Gasteiger partial charge in [0.25, 0.3) is 0 Å². The molecule has 0 radical (unpaired) electrons. The van der Waals surface area contributed by atoms with E-state index in [9.17, 15) is 13.2 Å². The van der Waals surface area contributed by atoms with Crippen LogP contribution in [0.4, 0.5) is 0 Å². The first-order chi connectivity index (χ1) is 9.51. The van der Waals surface area contributed by atoms with Gasteiger partial charge in [-0.2, -0.15) is 4.31 Å². The summed E-state index contributed by atoms with van der Waals surface area (Å²) >= 11 is 0. The summed E-state index contributed by atoms with van der Waals surface area (Å²) in [6.07, 6.45) is 2.36. The van der Waals surface area contributed by atoms with Crippen LogP contribution in [0.25, 0.3) is 0 Å². The molecule has 0 saturated carbocycles. The van der Waals surface area contributed by atoms with Gasteiger partial charge in [0.05, 0.1) is 5.75 Å². The number of hydrogen-bond donors (Lipinski definition) is 1. The molecule has 0 aromatic carbocycles. The van der Waals surface area contributed by atoms with Crippen molar-refractivity contribution in [2.75, 3.05) is 31.9 Å². The number of rotatable bonds is 5. The van der Waals surface area contributed by atoms with E-state index in [0.717, 1.165) is 25.2 Å². The largest absolute Gasteiger partial charge is 0.329 e. The number of nitrogens with zero attached hydrogens (tertiary/aromatic N) is 2. The number of H-pyrrole nitrogens is 1. The van der Waals surface area contributed by atoms with E-state index in [0.29, 0.717) is 19.5 Å². The molecular formula is C13H21N3O3S. The predicted octanol–water partition coefficient (Wildman–Crippen LogP) is 0.232. The average Bonchev–Trinajstić information content (AvgIpc) is 2.42. The van der Waals surface area contributed by atoms with E-state index in [1.54, 1.807) is 16.6 Å². The second-order valence-electron chi connectivity index (χ2n) is 5.05. The van der Waals surface area contributed by atoms with E-state index in [4.69, 9.17) is 0 Å². The molecule has 1 saturated heterocycles. The highest BCUT2D eigenvalue weighted by molar-refractivity contribution is 7.89. The molecule has 7 heteroatoms. The first-order valence-corrected chi connectivity index (χ1v) is 8.50. The minimum Gasteiger partial charge on any atom is -0.329 e. The molecule has 1 aliphatic heterocycles. The average molecular weight is 299 g/mol. The fourth-order valence-corrected chi connectivity index (χ4v) is 3.85. The van der Waals surface area contributed by atoms with Gasteiger partial charge < -0.3 is 4.98 Å². The Morgan fingerprint density at radius 1 is 1.20 bits per heavy atom. The third-order valence-corrected chi connectivity index (χ3v) is 5.52. The summed E-state index contributed by atoms with van der Waals surface area (Å²) in [5, 5.41) is 0. The highest BCUT2D eigenvalue weighted by Gasteiger charge is 2.25. The third-order valence-electron chi connectivity index (χ3n) is 3.44. The fraction of sp³-hybridized carbons (Fsp3) is 0.615. The molecule has 0 unspecified atom stereocenters. The molecule has 2 rings (SSSR count). The second kappa shape index (κ2) is 6.51. The Balaban J connectivity index is 1.88. The first-order valence-electron chi connectivity index (χ1n) is 6.89. The highest BCUT2D eigenvalue weighted by Crippen LogP contribution is 2.11. The normalized spacial score (nSPS) is 18.2. The van der Waals surface area contributed by atoms with Gasteiger partial charge in [0.15, 0.2) is 0 Å². The van der Waals surface area contributed by atoms with Crippen molar-refractivity contribution in [1.29, 1.82) is 0 Å². The quantitative estimate of drug-likeness (QED) is 0.845. The first kappa shape index (κ1) is 15.2. The Morgan fingerprint density at radius 2 is 1.90 bits per heavy atom. The summed E-state index contributed by atoms with van der Waals surface area (Å²) < 4.78 is 25.5. The Bertz CT molecular complexity index is 569. The monoisotopic (exact) mass is 299 g/mol. The zero-order valence-electron chi connectivity index (χ0n) is 11.7. The summed E-state index contributed by atoms with van der Waals surface area (Å²) in [6.45, 7) is 5.16. The van der Waals surface area contributed by atoms with E-state index < -0.39 is 10.0 Å².